The summed E-state index contributed by atoms with van der Waals surface area (Å²) < 4.78 is 5.28. The highest BCUT2D eigenvalue weighted by Crippen LogP contribution is 2.31. The van der Waals surface area contributed by atoms with Gasteiger partial charge in [0.05, 0.1) is 18.7 Å². The Kier molecular flexibility index (Phi) is 3.90. The number of nitrogens with zero attached hydrogens (tertiary/aromatic N) is 1. The van der Waals surface area contributed by atoms with Gasteiger partial charge in [0.2, 0.25) is 0 Å². The molecule has 0 saturated carbocycles. The van der Waals surface area contributed by atoms with Crippen LogP contribution in [-0.4, -0.2) is 19.1 Å². The van der Waals surface area contributed by atoms with Crippen molar-refractivity contribution in [1.29, 1.82) is 0 Å². The Hall–Kier alpha value is -1.91. The van der Waals surface area contributed by atoms with Gasteiger partial charge in [0.1, 0.15) is 5.75 Å². The molecular formula is C17H18N2OS. The fourth-order valence-electron chi connectivity index (χ4n) is 2.49. The Bertz CT molecular complexity index is 766. The van der Waals surface area contributed by atoms with E-state index >= 15 is 0 Å². The third-order valence-electron chi connectivity index (χ3n) is 3.59. The summed E-state index contributed by atoms with van der Waals surface area (Å²) in [5.41, 5.74) is 3.32. The Labute approximate surface area is 128 Å². The van der Waals surface area contributed by atoms with Crippen LogP contribution in [0.3, 0.4) is 0 Å². The van der Waals surface area contributed by atoms with Crippen LogP contribution in [0.5, 0.6) is 5.75 Å². The number of rotatable bonds is 4. The molecule has 2 heterocycles. The monoisotopic (exact) mass is 298 g/mol. The molecule has 0 saturated heterocycles. The fraction of sp³-hybridized carbons (Fsp3) is 0.235. The molecule has 1 atom stereocenters. The summed E-state index contributed by atoms with van der Waals surface area (Å²) >= 11 is 1.71. The molecule has 0 fully saturated rings. The van der Waals surface area contributed by atoms with E-state index in [1.807, 2.05) is 19.4 Å². The van der Waals surface area contributed by atoms with E-state index in [9.17, 15) is 0 Å². The molecule has 1 unspecified atom stereocenters. The first-order valence-corrected chi connectivity index (χ1v) is 7.76. The van der Waals surface area contributed by atoms with Crippen molar-refractivity contribution < 1.29 is 4.74 Å². The zero-order chi connectivity index (χ0) is 14.8. The lowest BCUT2D eigenvalue weighted by atomic mass is 10.0. The van der Waals surface area contributed by atoms with Crippen LogP contribution in [0.15, 0.2) is 41.8 Å². The van der Waals surface area contributed by atoms with Crippen molar-refractivity contribution in [3.8, 4) is 5.75 Å². The molecule has 3 nitrogen and oxygen atoms in total. The van der Waals surface area contributed by atoms with Crippen molar-refractivity contribution in [2.75, 3.05) is 14.2 Å². The number of thiophene rings is 1. The summed E-state index contributed by atoms with van der Waals surface area (Å²) in [6.07, 6.45) is 0. The third-order valence-corrected chi connectivity index (χ3v) is 4.57. The smallest absolute Gasteiger partial charge is 0.129 e. The molecule has 3 aromatic rings. The van der Waals surface area contributed by atoms with E-state index in [0.717, 1.165) is 17.0 Å². The second-order valence-electron chi connectivity index (χ2n) is 5.02. The highest BCUT2D eigenvalue weighted by atomic mass is 32.1. The number of fused-ring (bicyclic) bond motifs is 1. The van der Waals surface area contributed by atoms with Crippen molar-refractivity contribution >= 4 is 22.2 Å². The van der Waals surface area contributed by atoms with Crippen LogP contribution in [0.2, 0.25) is 0 Å². The maximum Gasteiger partial charge on any atom is 0.129 e. The number of hydrogen-bond donors (Lipinski definition) is 1. The average Bonchev–Trinajstić information content (AvgIpc) is 2.97. The van der Waals surface area contributed by atoms with Gasteiger partial charge in [-0.15, -0.1) is 11.3 Å². The Morgan fingerprint density at radius 1 is 1.19 bits per heavy atom. The first-order chi connectivity index (χ1) is 10.2. The van der Waals surface area contributed by atoms with Gasteiger partial charge in [0.25, 0.3) is 0 Å². The van der Waals surface area contributed by atoms with Crippen LogP contribution >= 0.6 is 11.3 Å². The number of nitrogens with one attached hydrogen (secondary N) is 1. The van der Waals surface area contributed by atoms with E-state index in [1.54, 1.807) is 18.4 Å². The van der Waals surface area contributed by atoms with Crippen LogP contribution in [0.25, 0.3) is 10.9 Å². The number of hydrogen-bond acceptors (Lipinski definition) is 4. The van der Waals surface area contributed by atoms with Crippen molar-refractivity contribution in [2.24, 2.45) is 0 Å². The fourth-order valence-corrected chi connectivity index (χ4v) is 3.48. The predicted octanol–water partition coefficient (Wildman–Crippen LogP) is 3.92. The van der Waals surface area contributed by atoms with Gasteiger partial charge in [-0.1, -0.05) is 12.1 Å². The minimum atomic E-state index is 0.171. The van der Waals surface area contributed by atoms with Gasteiger partial charge in [0.15, 0.2) is 0 Å². The summed E-state index contributed by atoms with van der Waals surface area (Å²) in [5, 5.41) is 6.58. The quantitative estimate of drug-likeness (QED) is 0.792. The summed E-state index contributed by atoms with van der Waals surface area (Å²) in [6, 6.07) is 12.9. The molecular weight excluding hydrogens is 280 g/mol. The Balaban J connectivity index is 2.02. The molecule has 2 aromatic heterocycles. The molecule has 0 aliphatic carbocycles. The van der Waals surface area contributed by atoms with Gasteiger partial charge in [-0.3, -0.25) is 4.98 Å². The van der Waals surface area contributed by atoms with Gasteiger partial charge in [-0.25, -0.2) is 0 Å². The molecule has 4 heteroatoms. The molecule has 0 aliphatic rings. The molecule has 0 aliphatic heterocycles. The van der Waals surface area contributed by atoms with E-state index < -0.39 is 0 Å². The topological polar surface area (TPSA) is 34.2 Å². The molecule has 0 radical (unpaired) electrons. The largest absolute Gasteiger partial charge is 0.496 e. The number of methoxy groups -OCH3 is 1. The minimum Gasteiger partial charge on any atom is -0.496 e. The number of pyridine rings is 1. The maximum atomic E-state index is 5.28. The Morgan fingerprint density at radius 3 is 2.76 bits per heavy atom. The lowest BCUT2D eigenvalue weighted by molar-refractivity contribution is 0.416. The number of aryl methyl sites for hydroxylation is 1. The second-order valence-corrected chi connectivity index (χ2v) is 5.96. The van der Waals surface area contributed by atoms with Gasteiger partial charge in [0, 0.05) is 21.3 Å². The first-order valence-electron chi connectivity index (χ1n) is 6.88. The molecule has 1 N–H and O–H groups in total. The predicted molar refractivity (Wildman–Crippen MR) is 88.3 cm³/mol. The lowest BCUT2D eigenvalue weighted by Crippen LogP contribution is -2.16. The van der Waals surface area contributed by atoms with Crippen molar-refractivity contribution in [3.63, 3.8) is 0 Å². The minimum absolute atomic E-state index is 0.171. The normalized spacial score (nSPS) is 12.5. The molecule has 21 heavy (non-hydrogen) atoms. The highest BCUT2D eigenvalue weighted by Gasteiger charge is 2.15. The van der Waals surface area contributed by atoms with Crippen LogP contribution in [0.4, 0.5) is 0 Å². The molecule has 108 valence electrons. The molecule has 1 aromatic carbocycles. The third kappa shape index (κ3) is 2.77. The highest BCUT2D eigenvalue weighted by molar-refractivity contribution is 7.10. The van der Waals surface area contributed by atoms with Crippen molar-refractivity contribution in [3.05, 3.63) is 57.9 Å². The standard InChI is InChI=1S/C17H18N2OS/c1-11-4-5-12-8-13(6-7-15(12)19-11)17(18-2)16-9-14(20-3)10-21-16/h4-10,17-18H,1-3H3. The summed E-state index contributed by atoms with van der Waals surface area (Å²) in [7, 11) is 3.68. The van der Waals surface area contributed by atoms with Crippen LogP contribution in [0.1, 0.15) is 22.2 Å². The summed E-state index contributed by atoms with van der Waals surface area (Å²) in [6.45, 7) is 2.02. The van der Waals surface area contributed by atoms with Crippen molar-refractivity contribution in [2.45, 2.75) is 13.0 Å². The van der Waals surface area contributed by atoms with Gasteiger partial charge in [-0.05, 0) is 43.8 Å². The van der Waals surface area contributed by atoms with E-state index in [4.69, 9.17) is 4.74 Å². The van der Waals surface area contributed by atoms with Crippen LogP contribution in [-0.2, 0) is 0 Å². The summed E-state index contributed by atoms with van der Waals surface area (Å²) in [5.74, 6) is 0.910. The van der Waals surface area contributed by atoms with Crippen molar-refractivity contribution in [1.82, 2.24) is 10.3 Å². The molecule has 0 bridgehead atoms. The number of aromatic nitrogens is 1. The maximum absolute atomic E-state index is 5.28. The van der Waals surface area contributed by atoms with E-state index in [-0.39, 0.29) is 6.04 Å². The molecule has 3 rings (SSSR count). The van der Waals surface area contributed by atoms with Gasteiger partial charge < -0.3 is 10.1 Å². The van der Waals surface area contributed by atoms with Gasteiger partial charge in [-0.2, -0.15) is 0 Å². The van der Waals surface area contributed by atoms with E-state index in [0.29, 0.717) is 0 Å². The number of ether oxygens (including phenoxy) is 1. The van der Waals surface area contributed by atoms with Gasteiger partial charge >= 0.3 is 0 Å². The average molecular weight is 298 g/mol. The number of benzene rings is 1. The summed E-state index contributed by atoms with van der Waals surface area (Å²) in [4.78, 5) is 5.80. The first kappa shape index (κ1) is 14.0. The molecule has 0 spiro atoms. The SMILES string of the molecule is CNC(c1ccc2nc(C)ccc2c1)c1cc(OC)cs1. The zero-order valence-corrected chi connectivity index (χ0v) is 13.2. The van der Waals surface area contributed by atoms with E-state index in [2.05, 4.69) is 46.7 Å². The van der Waals surface area contributed by atoms with E-state index in [1.165, 1.54) is 15.8 Å². The van der Waals surface area contributed by atoms with Crippen LogP contribution < -0.4 is 10.1 Å². The van der Waals surface area contributed by atoms with Crippen LogP contribution in [0, 0.1) is 6.92 Å². The Morgan fingerprint density at radius 2 is 2.05 bits per heavy atom. The molecule has 0 amide bonds. The lowest BCUT2D eigenvalue weighted by Gasteiger charge is -2.15. The zero-order valence-electron chi connectivity index (χ0n) is 12.4. The second kappa shape index (κ2) is 5.84.